The Kier molecular flexibility index (Phi) is 12.7. The Bertz CT molecular complexity index is 358. The van der Waals surface area contributed by atoms with E-state index in [2.05, 4.69) is 20.8 Å². The zero-order chi connectivity index (χ0) is 18.4. The Hall–Kier alpha value is -1.03. The van der Waals surface area contributed by atoms with Crippen LogP contribution in [0.15, 0.2) is 11.8 Å². The van der Waals surface area contributed by atoms with Crippen LogP contribution < -0.4 is 0 Å². The van der Waals surface area contributed by atoms with Crippen LogP contribution in [0.4, 0.5) is 0 Å². The van der Waals surface area contributed by atoms with Crippen molar-refractivity contribution in [3.63, 3.8) is 0 Å². The van der Waals surface area contributed by atoms with Gasteiger partial charge in [-0.05, 0) is 31.8 Å². The molecule has 4 heteroatoms. The van der Waals surface area contributed by atoms with Gasteiger partial charge in [0.2, 0.25) is 0 Å². The van der Waals surface area contributed by atoms with Gasteiger partial charge in [0, 0.05) is 6.42 Å². The molecule has 0 heterocycles. The first-order valence-corrected chi connectivity index (χ1v) is 9.93. The van der Waals surface area contributed by atoms with E-state index >= 15 is 0 Å². The van der Waals surface area contributed by atoms with Crippen LogP contribution >= 0.6 is 0 Å². The van der Waals surface area contributed by atoms with Crippen LogP contribution in [0.3, 0.4) is 0 Å². The minimum atomic E-state index is -0.733. The molecule has 4 nitrogen and oxygen atoms in total. The molecule has 0 radical (unpaired) electrons. The van der Waals surface area contributed by atoms with Gasteiger partial charge < -0.3 is 14.7 Å². The summed E-state index contributed by atoms with van der Waals surface area (Å²) in [4.78, 5) is 11.9. The summed E-state index contributed by atoms with van der Waals surface area (Å²) in [7, 11) is 0. The highest BCUT2D eigenvalue weighted by Gasteiger charge is 2.40. The molecule has 0 aliphatic rings. The van der Waals surface area contributed by atoms with Crippen molar-refractivity contribution < 1.29 is 19.5 Å². The Morgan fingerprint density at radius 1 is 0.917 bits per heavy atom. The second-order valence-corrected chi connectivity index (χ2v) is 6.98. The van der Waals surface area contributed by atoms with E-state index in [-0.39, 0.29) is 0 Å². The Balaban J connectivity index is 5.32. The Morgan fingerprint density at radius 3 is 1.88 bits per heavy atom. The highest BCUT2D eigenvalue weighted by Crippen LogP contribution is 2.23. The average molecular weight is 343 g/mol. The maximum absolute atomic E-state index is 11.9. The van der Waals surface area contributed by atoms with Gasteiger partial charge in [0.1, 0.15) is 12.3 Å². The maximum atomic E-state index is 11.9. The number of rotatable bonds is 15. The second kappa shape index (κ2) is 13.3. The summed E-state index contributed by atoms with van der Waals surface area (Å²) in [5.41, 5.74) is 0. The van der Waals surface area contributed by atoms with Crippen molar-refractivity contribution in [3.05, 3.63) is 11.8 Å². The van der Waals surface area contributed by atoms with E-state index in [0.29, 0.717) is 23.2 Å². The van der Waals surface area contributed by atoms with Crippen molar-refractivity contribution >= 4 is 5.97 Å². The number of allylic oxidation sites excluding steroid dienone is 1. The molecule has 0 aromatic carbocycles. The highest BCUT2D eigenvalue weighted by molar-refractivity contribution is 5.72. The first-order chi connectivity index (χ1) is 11.5. The first kappa shape index (κ1) is 23.0. The van der Waals surface area contributed by atoms with Gasteiger partial charge >= 0.3 is 5.97 Å². The molecule has 0 aliphatic carbocycles. The van der Waals surface area contributed by atoms with Crippen molar-refractivity contribution in [2.45, 2.75) is 91.5 Å². The normalized spacial score (nSPS) is 13.9. The number of nitrogens with zero attached hydrogens (tertiary/aromatic N) is 1. The summed E-state index contributed by atoms with van der Waals surface area (Å²) >= 11 is 0. The number of hydrogen-bond acceptors (Lipinski definition) is 2. The second-order valence-electron chi connectivity index (χ2n) is 6.98. The number of carbonyl (C=O) groups is 1. The van der Waals surface area contributed by atoms with Crippen molar-refractivity contribution in [2.24, 2.45) is 0 Å². The van der Waals surface area contributed by atoms with Crippen molar-refractivity contribution in [2.75, 3.05) is 19.6 Å². The number of carboxylic acid groups (broad SMARTS) is 1. The van der Waals surface area contributed by atoms with Gasteiger partial charge in [-0.2, -0.15) is 0 Å². The average Bonchev–Trinajstić information content (AvgIpc) is 2.55. The van der Waals surface area contributed by atoms with E-state index in [1.807, 2.05) is 13.0 Å². The smallest absolute Gasteiger partial charge is 0.362 e. The van der Waals surface area contributed by atoms with E-state index in [4.69, 9.17) is 0 Å². The molecular weight excluding hydrogens is 302 g/mol. The lowest BCUT2D eigenvalue weighted by Gasteiger charge is -2.43. The lowest BCUT2D eigenvalue weighted by atomic mass is 10.0. The number of unbranched alkanes of at least 4 members (excludes halogenated alkanes) is 5. The number of carboxylic acids is 1. The molecule has 1 atom stereocenters. The number of aliphatic hydroxyl groups excluding tert-OH is 1. The molecule has 0 aromatic heterocycles. The molecule has 1 unspecified atom stereocenters. The van der Waals surface area contributed by atoms with Crippen molar-refractivity contribution in [1.82, 2.24) is 0 Å². The molecule has 0 aromatic rings. The van der Waals surface area contributed by atoms with Crippen LogP contribution in [-0.4, -0.2) is 46.3 Å². The van der Waals surface area contributed by atoms with E-state index in [0.717, 1.165) is 51.6 Å². The fourth-order valence-corrected chi connectivity index (χ4v) is 3.48. The van der Waals surface area contributed by atoms with E-state index in [9.17, 15) is 15.0 Å². The summed E-state index contributed by atoms with van der Waals surface area (Å²) in [5.74, 6) is -0.360. The van der Waals surface area contributed by atoms with E-state index in [1.54, 1.807) is 0 Å². The fraction of sp³-hybridized carbons (Fsp3) is 0.850. The predicted octanol–water partition coefficient (Wildman–Crippen LogP) is 5.29. The lowest BCUT2D eigenvalue weighted by molar-refractivity contribution is -0.941. The first-order valence-electron chi connectivity index (χ1n) is 9.93. The third-order valence-corrected chi connectivity index (χ3v) is 4.91. The summed E-state index contributed by atoms with van der Waals surface area (Å²) in [6, 6.07) is -0.436. The third-order valence-electron chi connectivity index (χ3n) is 4.91. The van der Waals surface area contributed by atoms with Crippen LogP contribution in [0.5, 0.6) is 0 Å². The Morgan fingerprint density at radius 2 is 1.46 bits per heavy atom. The zero-order valence-corrected chi connectivity index (χ0v) is 16.4. The van der Waals surface area contributed by atoms with Crippen LogP contribution in [0, 0.1) is 0 Å². The minimum absolute atomic E-state index is 0.373. The summed E-state index contributed by atoms with van der Waals surface area (Å²) in [5, 5.41) is 20.2. The SMILES string of the molecule is CCCCC/C=C(\O)C[N+](CCCC)(CCCC)C(CC)C(=O)O. The fourth-order valence-electron chi connectivity index (χ4n) is 3.48. The topological polar surface area (TPSA) is 57.5 Å². The quantitative estimate of drug-likeness (QED) is 0.241. The summed E-state index contributed by atoms with van der Waals surface area (Å²) in [6.07, 6.45) is 10.9. The zero-order valence-electron chi connectivity index (χ0n) is 16.4. The minimum Gasteiger partial charge on any atom is -0.507 e. The number of aliphatic hydroxyl groups is 1. The Labute approximate surface area is 149 Å². The monoisotopic (exact) mass is 342 g/mol. The van der Waals surface area contributed by atoms with Gasteiger partial charge in [0.25, 0.3) is 0 Å². The molecule has 0 bridgehead atoms. The van der Waals surface area contributed by atoms with E-state index in [1.165, 1.54) is 12.8 Å². The van der Waals surface area contributed by atoms with Gasteiger partial charge in [-0.3, -0.25) is 0 Å². The highest BCUT2D eigenvalue weighted by atomic mass is 16.4. The third kappa shape index (κ3) is 8.18. The largest absolute Gasteiger partial charge is 0.507 e. The molecule has 142 valence electrons. The van der Waals surface area contributed by atoms with Crippen molar-refractivity contribution in [1.29, 1.82) is 0 Å². The maximum Gasteiger partial charge on any atom is 0.362 e. The molecule has 2 N–H and O–H groups in total. The molecule has 0 aliphatic heterocycles. The number of hydrogen-bond donors (Lipinski definition) is 2. The van der Waals surface area contributed by atoms with E-state index < -0.39 is 12.0 Å². The number of quaternary nitrogens is 1. The predicted molar refractivity (Wildman–Crippen MR) is 101 cm³/mol. The molecule has 0 fully saturated rings. The summed E-state index contributed by atoms with van der Waals surface area (Å²) < 4.78 is 0.490. The summed E-state index contributed by atoms with van der Waals surface area (Å²) in [6.45, 7) is 10.5. The standard InChI is InChI=1S/C20H39NO3/c1-5-9-12-13-14-18(22)17-21(15-10-6-2,16-11-7-3)19(8-4)20(23)24/h14,19H,5-13,15-17H2,1-4H3,(H-,22,23,24)/p+1/b18-14-. The number of aliphatic carboxylic acids is 1. The van der Waals surface area contributed by atoms with Crippen LogP contribution in [0.25, 0.3) is 0 Å². The van der Waals surface area contributed by atoms with Gasteiger partial charge in [0.05, 0.1) is 13.1 Å². The molecular formula is C20H40NO3+. The van der Waals surface area contributed by atoms with Gasteiger partial charge in [-0.1, -0.05) is 53.4 Å². The van der Waals surface area contributed by atoms with Crippen LogP contribution in [0.1, 0.15) is 85.5 Å². The van der Waals surface area contributed by atoms with Gasteiger partial charge in [-0.15, -0.1) is 0 Å². The molecule has 0 spiro atoms. The van der Waals surface area contributed by atoms with Crippen LogP contribution in [-0.2, 0) is 4.79 Å². The molecule has 0 rings (SSSR count). The lowest BCUT2D eigenvalue weighted by Crippen LogP contribution is -2.60. The molecule has 0 saturated heterocycles. The van der Waals surface area contributed by atoms with Gasteiger partial charge in [-0.25, -0.2) is 4.79 Å². The molecule has 0 saturated carbocycles. The molecule has 24 heavy (non-hydrogen) atoms. The molecule has 0 amide bonds. The van der Waals surface area contributed by atoms with Crippen LogP contribution in [0.2, 0.25) is 0 Å². The van der Waals surface area contributed by atoms with Crippen molar-refractivity contribution in [3.8, 4) is 0 Å². The van der Waals surface area contributed by atoms with Gasteiger partial charge in [0.15, 0.2) is 6.04 Å².